The predicted octanol–water partition coefficient (Wildman–Crippen LogP) is 3.06. The Morgan fingerprint density at radius 2 is 2.20 bits per heavy atom. The minimum atomic E-state index is -0.326. The molecule has 2 rings (SSSR count). The summed E-state index contributed by atoms with van der Waals surface area (Å²) in [5, 5.41) is 18.8. The third-order valence-electron chi connectivity index (χ3n) is 3.61. The lowest BCUT2D eigenvalue weighted by molar-refractivity contribution is -0.384. The highest BCUT2D eigenvalue weighted by atomic mass is 32.2. The molecule has 1 aliphatic heterocycles. The van der Waals surface area contributed by atoms with Gasteiger partial charge in [0.05, 0.1) is 4.92 Å². The second-order valence-electron chi connectivity index (χ2n) is 5.20. The second-order valence-corrected chi connectivity index (χ2v) is 6.42. The van der Waals surface area contributed by atoms with E-state index >= 15 is 0 Å². The number of nitro groups is 1. The van der Waals surface area contributed by atoms with E-state index in [1.807, 2.05) is 18.7 Å². The Kier molecular flexibility index (Phi) is 5.28. The summed E-state index contributed by atoms with van der Waals surface area (Å²) in [5.74, 6) is 3.58. The molecule has 1 aromatic rings. The number of aryl methyl sites for hydroxylation is 2. The largest absolute Gasteiger partial charge is 0.364 e. The van der Waals surface area contributed by atoms with Gasteiger partial charge in [-0.25, -0.2) is 4.68 Å². The van der Waals surface area contributed by atoms with Crippen LogP contribution in [-0.2, 0) is 6.54 Å². The Bertz CT molecular complexity index is 469. The van der Waals surface area contributed by atoms with Crippen molar-refractivity contribution in [1.82, 2.24) is 9.78 Å². The van der Waals surface area contributed by atoms with Crippen molar-refractivity contribution in [3.8, 4) is 0 Å². The smallest absolute Gasteiger partial charge is 0.333 e. The molecule has 0 bridgehead atoms. The summed E-state index contributed by atoms with van der Waals surface area (Å²) >= 11 is 1.99. The number of rotatable bonds is 6. The molecule has 1 saturated heterocycles. The number of anilines is 1. The van der Waals surface area contributed by atoms with Crippen LogP contribution in [0.15, 0.2) is 0 Å². The van der Waals surface area contributed by atoms with E-state index < -0.39 is 0 Å². The van der Waals surface area contributed by atoms with Crippen molar-refractivity contribution >= 4 is 23.3 Å². The molecule has 1 aliphatic rings. The zero-order valence-electron chi connectivity index (χ0n) is 12.1. The fourth-order valence-corrected chi connectivity index (χ4v) is 3.73. The normalized spacial score (nSPS) is 16.3. The minimum Gasteiger partial charge on any atom is -0.364 e. The highest BCUT2D eigenvalue weighted by Crippen LogP contribution is 2.30. The van der Waals surface area contributed by atoms with Crippen molar-refractivity contribution in [3.05, 3.63) is 15.8 Å². The molecule has 0 aliphatic carbocycles. The standard InChI is InChI=1S/C13H22N4O2S/c1-3-6-16-13(12(17(18)19)10(2)15-16)14-9-11-4-7-20-8-5-11/h11,14H,3-9H2,1-2H3. The maximum atomic E-state index is 11.2. The summed E-state index contributed by atoms with van der Waals surface area (Å²) in [4.78, 5) is 10.9. The van der Waals surface area contributed by atoms with Gasteiger partial charge in [0.1, 0.15) is 5.69 Å². The topological polar surface area (TPSA) is 73.0 Å². The molecule has 112 valence electrons. The molecule has 0 saturated carbocycles. The molecule has 0 atom stereocenters. The van der Waals surface area contributed by atoms with Crippen LogP contribution in [0.1, 0.15) is 31.9 Å². The lowest BCUT2D eigenvalue weighted by Crippen LogP contribution is -2.21. The van der Waals surface area contributed by atoms with Crippen molar-refractivity contribution < 1.29 is 4.92 Å². The monoisotopic (exact) mass is 298 g/mol. The zero-order chi connectivity index (χ0) is 14.5. The molecule has 0 spiro atoms. The zero-order valence-corrected chi connectivity index (χ0v) is 12.9. The summed E-state index contributed by atoms with van der Waals surface area (Å²) in [5.41, 5.74) is 0.619. The first-order valence-electron chi connectivity index (χ1n) is 7.16. The Morgan fingerprint density at radius 3 is 2.80 bits per heavy atom. The van der Waals surface area contributed by atoms with Crippen LogP contribution in [0.25, 0.3) is 0 Å². The second kappa shape index (κ2) is 6.97. The average molecular weight is 298 g/mol. The van der Waals surface area contributed by atoms with Crippen LogP contribution in [0.2, 0.25) is 0 Å². The fourth-order valence-electron chi connectivity index (χ4n) is 2.53. The first kappa shape index (κ1) is 15.2. The maximum absolute atomic E-state index is 11.2. The molecule has 6 nitrogen and oxygen atoms in total. The van der Waals surface area contributed by atoms with Gasteiger partial charge in [0.15, 0.2) is 0 Å². The first-order valence-corrected chi connectivity index (χ1v) is 8.32. The molecule has 0 amide bonds. The average Bonchev–Trinajstić information content (AvgIpc) is 2.74. The van der Waals surface area contributed by atoms with Gasteiger partial charge in [-0.1, -0.05) is 6.92 Å². The van der Waals surface area contributed by atoms with Crippen LogP contribution in [0.5, 0.6) is 0 Å². The number of hydrogen-bond donors (Lipinski definition) is 1. The van der Waals surface area contributed by atoms with Gasteiger partial charge in [0.25, 0.3) is 0 Å². The van der Waals surface area contributed by atoms with Crippen LogP contribution in [0.3, 0.4) is 0 Å². The van der Waals surface area contributed by atoms with Gasteiger partial charge in [-0.15, -0.1) is 0 Å². The Hall–Kier alpha value is -1.24. The third kappa shape index (κ3) is 3.45. The van der Waals surface area contributed by atoms with Crippen molar-refractivity contribution in [2.24, 2.45) is 5.92 Å². The molecular weight excluding hydrogens is 276 g/mol. The molecule has 0 unspecified atom stereocenters. The molecule has 1 aromatic heterocycles. The van der Waals surface area contributed by atoms with Crippen molar-refractivity contribution in [3.63, 3.8) is 0 Å². The predicted molar refractivity (Wildman–Crippen MR) is 82.4 cm³/mol. The third-order valence-corrected chi connectivity index (χ3v) is 4.66. The van der Waals surface area contributed by atoms with Crippen LogP contribution in [0.4, 0.5) is 11.5 Å². The van der Waals surface area contributed by atoms with E-state index in [1.165, 1.54) is 24.3 Å². The number of aromatic nitrogens is 2. The van der Waals surface area contributed by atoms with E-state index in [0.717, 1.165) is 13.0 Å². The van der Waals surface area contributed by atoms with Gasteiger partial charge in [0, 0.05) is 13.1 Å². The van der Waals surface area contributed by atoms with Crippen molar-refractivity contribution in [2.75, 3.05) is 23.4 Å². The molecule has 7 heteroatoms. The van der Waals surface area contributed by atoms with Crippen molar-refractivity contribution in [2.45, 2.75) is 39.7 Å². The lowest BCUT2D eigenvalue weighted by atomic mass is 10.0. The van der Waals surface area contributed by atoms with Gasteiger partial charge in [-0.2, -0.15) is 16.9 Å². The summed E-state index contributed by atoms with van der Waals surface area (Å²) in [6, 6.07) is 0. The highest BCUT2D eigenvalue weighted by molar-refractivity contribution is 7.99. The van der Waals surface area contributed by atoms with Gasteiger partial charge in [-0.3, -0.25) is 10.1 Å². The number of nitrogens with one attached hydrogen (secondary N) is 1. The fraction of sp³-hybridized carbons (Fsp3) is 0.769. The summed E-state index contributed by atoms with van der Waals surface area (Å²) in [7, 11) is 0. The number of thioether (sulfide) groups is 1. The summed E-state index contributed by atoms with van der Waals surface area (Å²) < 4.78 is 1.74. The molecule has 20 heavy (non-hydrogen) atoms. The van der Waals surface area contributed by atoms with Crippen LogP contribution in [-0.4, -0.2) is 32.8 Å². The summed E-state index contributed by atoms with van der Waals surface area (Å²) in [6.45, 7) is 5.26. The van der Waals surface area contributed by atoms with Crippen molar-refractivity contribution in [1.29, 1.82) is 0 Å². The molecule has 1 N–H and O–H groups in total. The highest BCUT2D eigenvalue weighted by Gasteiger charge is 2.25. The van der Waals surface area contributed by atoms with Crippen LogP contribution in [0, 0.1) is 23.0 Å². The Labute approximate surface area is 123 Å². The summed E-state index contributed by atoms with van der Waals surface area (Å²) in [6.07, 6.45) is 3.28. The van der Waals surface area contributed by atoms with Gasteiger partial charge in [-0.05, 0) is 43.6 Å². The molecule has 0 aromatic carbocycles. The molecule has 1 fully saturated rings. The lowest BCUT2D eigenvalue weighted by Gasteiger charge is -2.22. The van der Waals surface area contributed by atoms with Gasteiger partial charge < -0.3 is 5.32 Å². The first-order chi connectivity index (χ1) is 9.63. The Morgan fingerprint density at radius 1 is 1.50 bits per heavy atom. The molecule has 0 radical (unpaired) electrons. The van der Waals surface area contributed by atoms with Gasteiger partial charge >= 0.3 is 5.69 Å². The van der Waals surface area contributed by atoms with E-state index in [0.29, 0.717) is 24.0 Å². The SMILES string of the molecule is CCCn1nc(C)c([N+](=O)[O-])c1NCC1CCSCC1. The van der Waals surface area contributed by atoms with E-state index in [9.17, 15) is 10.1 Å². The van der Waals surface area contributed by atoms with E-state index in [-0.39, 0.29) is 10.6 Å². The Balaban J connectivity index is 2.12. The van der Waals surface area contributed by atoms with E-state index in [4.69, 9.17) is 0 Å². The molecule has 2 heterocycles. The van der Waals surface area contributed by atoms with E-state index in [2.05, 4.69) is 10.4 Å². The molecular formula is C13H22N4O2S. The van der Waals surface area contributed by atoms with Crippen LogP contribution >= 0.6 is 11.8 Å². The minimum absolute atomic E-state index is 0.128. The van der Waals surface area contributed by atoms with E-state index in [1.54, 1.807) is 11.6 Å². The van der Waals surface area contributed by atoms with Gasteiger partial charge in [0.2, 0.25) is 5.82 Å². The quantitative estimate of drug-likeness (QED) is 0.645. The maximum Gasteiger partial charge on any atom is 0.333 e. The van der Waals surface area contributed by atoms with Crippen LogP contribution < -0.4 is 5.32 Å². The number of nitrogens with zero attached hydrogens (tertiary/aromatic N) is 3. The number of hydrogen-bond acceptors (Lipinski definition) is 5.